The molecule has 0 radical (unpaired) electrons. The van der Waals surface area contributed by atoms with Crippen LogP contribution < -0.4 is 16.0 Å². The molecule has 2 heterocycles. The minimum atomic E-state index is -0.124. The first-order valence-corrected chi connectivity index (χ1v) is 8.84. The first kappa shape index (κ1) is 16.8. The molecule has 3 rings (SSSR count). The van der Waals surface area contributed by atoms with Crippen LogP contribution in [0.4, 0.5) is 10.5 Å². The lowest BCUT2D eigenvalue weighted by atomic mass is 9.96. The van der Waals surface area contributed by atoms with Crippen LogP contribution >= 0.6 is 0 Å². The molecule has 130 valence electrons. The van der Waals surface area contributed by atoms with Crippen LogP contribution in [0.15, 0.2) is 30.3 Å². The minimum Gasteiger partial charge on any atom is -0.353 e. The summed E-state index contributed by atoms with van der Waals surface area (Å²) in [7, 11) is 0. The van der Waals surface area contributed by atoms with E-state index in [4.69, 9.17) is 0 Å². The number of nitrogens with one attached hydrogen (secondary N) is 3. The van der Waals surface area contributed by atoms with Crippen molar-refractivity contribution >= 4 is 17.6 Å². The van der Waals surface area contributed by atoms with E-state index in [9.17, 15) is 9.59 Å². The van der Waals surface area contributed by atoms with Gasteiger partial charge in [0.15, 0.2) is 0 Å². The van der Waals surface area contributed by atoms with E-state index in [2.05, 4.69) is 16.0 Å². The number of rotatable bonds is 3. The van der Waals surface area contributed by atoms with Gasteiger partial charge in [0.25, 0.3) is 0 Å². The molecule has 3 N–H and O–H groups in total. The third kappa shape index (κ3) is 4.47. The fourth-order valence-corrected chi connectivity index (χ4v) is 3.38. The van der Waals surface area contributed by atoms with Gasteiger partial charge in [0.2, 0.25) is 5.91 Å². The second-order valence-electron chi connectivity index (χ2n) is 6.61. The van der Waals surface area contributed by atoms with E-state index in [1.165, 1.54) is 0 Å². The SMILES string of the molecule is O=C(NC1CCNCC1)C1CCCN(C(=O)Nc2ccccc2)C1. The van der Waals surface area contributed by atoms with Crippen LogP contribution in [0.3, 0.4) is 0 Å². The van der Waals surface area contributed by atoms with E-state index in [0.717, 1.165) is 44.5 Å². The summed E-state index contributed by atoms with van der Waals surface area (Å²) in [5.41, 5.74) is 0.781. The van der Waals surface area contributed by atoms with E-state index in [1.54, 1.807) is 4.90 Å². The summed E-state index contributed by atoms with van der Waals surface area (Å²) in [4.78, 5) is 26.7. The maximum absolute atomic E-state index is 12.5. The van der Waals surface area contributed by atoms with Crippen molar-refractivity contribution in [3.05, 3.63) is 30.3 Å². The van der Waals surface area contributed by atoms with Crippen LogP contribution in [-0.2, 0) is 4.79 Å². The summed E-state index contributed by atoms with van der Waals surface area (Å²) in [5, 5.41) is 9.36. The van der Waals surface area contributed by atoms with Crippen molar-refractivity contribution < 1.29 is 9.59 Å². The average molecular weight is 330 g/mol. The Morgan fingerprint density at radius 1 is 1.08 bits per heavy atom. The van der Waals surface area contributed by atoms with Crippen LogP contribution in [0.5, 0.6) is 0 Å². The summed E-state index contributed by atoms with van der Waals surface area (Å²) in [6.45, 7) is 3.12. The Kier molecular flexibility index (Phi) is 5.69. The summed E-state index contributed by atoms with van der Waals surface area (Å²) in [5.74, 6) is -0.00531. The molecule has 3 amide bonds. The van der Waals surface area contributed by atoms with Gasteiger partial charge in [-0.2, -0.15) is 0 Å². The van der Waals surface area contributed by atoms with Crippen molar-refractivity contribution in [3.63, 3.8) is 0 Å². The van der Waals surface area contributed by atoms with Crippen LogP contribution in [0.25, 0.3) is 0 Å². The molecule has 6 heteroatoms. The number of anilines is 1. The lowest BCUT2D eigenvalue weighted by Crippen LogP contribution is -2.50. The largest absolute Gasteiger partial charge is 0.353 e. The molecular weight excluding hydrogens is 304 g/mol. The Labute approximate surface area is 143 Å². The first-order valence-electron chi connectivity index (χ1n) is 8.84. The highest BCUT2D eigenvalue weighted by Gasteiger charge is 2.29. The molecule has 1 aromatic rings. The number of hydrogen-bond donors (Lipinski definition) is 3. The summed E-state index contributed by atoms with van der Waals surface area (Å²) in [6.07, 6.45) is 3.69. The Bertz CT molecular complexity index is 557. The number of piperidine rings is 2. The molecule has 1 atom stereocenters. The molecule has 1 aromatic carbocycles. The van der Waals surface area contributed by atoms with Gasteiger partial charge in [-0.05, 0) is 50.9 Å². The number of benzene rings is 1. The standard InChI is InChI=1S/C18H26N4O2/c23-17(20-16-8-10-19-11-9-16)14-5-4-12-22(13-14)18(24)21-15-6-2-1-3-7-15/h1-3,6-7,14,16,19H,4-5,8-13H2,(H,20,23)(H,21,24). The van der Waals surface area contributed by atoms with E-state index in [-0.39, 0.29) is 23.9 Å². The van der Waals surface area contributed by atoms with Crippen molar-refractivity contribution in [1.29, 1.82) is 0 Å². The minimum absolute atomic E-state index is 0.0964. The van der Waals surface area contributed by atoms with Crippen LogP contribution in [0, 0.1) is 5.92 Å². The molecular formula is C18H26N4O2. The number of nitrogens with zero attached hydrogens (tertiary/aromatic N) is 1. The zero-order valence-electron chi connectivity index (χ0n) is 14.0. The molecule has 2 saturated heterocycles. The third-order valence-electron chi connectivity index (χ3n) is 4.79. The molecule has 2 aliphatic rings. The average Bonchev–Trinajstić information content (AvgIpc) is 2.63. The predicted molar refractivity (Wildman–Crippen MR) is 93.8 cm³/mol. The number of amides is 3. The van der Waals surface area contributed by atoms with Crippen LogP contribution in [0.1, 0.15) is 25.7 Å². The fourth-order valence-electron chi connectivity index (χ4n) is 3.38. The van der Waals surface area contributed by atoms with Gasteiger partial charge in [-0.25, -0.2) is 4.79 Å². The van der Waals surface area contributed by atoms with E-state index in [1.807, 2.05) is 30.3 Å². The third-order valence-corrected chi connectivity index (χ3v) is 4.79. The molecule has 0 bridgehead atoms. The topological polar surface area (TPSA) is 73.5 Å². The van der Waals surface area contributed by atoms with Crippen molar-refractivity contribution in [2.75, 3.05) is 31.5 Å². The van der Waals surface area contributed by atoms with Gasteiger partial charge in [0.05, 0.1) is 5.92 Å². The molecule has 0 aromatic heterocycles. The zero-order valence-corrected chi connectivity index (χ0v) is 14.0. The maximum Gasteiger partial charge on any atom is 0.321 e. The highest BCUT2D eigenvalue weighted by molar-refractivity contribution is 5.90. The number of para-hydroxylation sites is 1. The normalized spacial score (nSPS) is 22.0. The summed E-state index contributed by atoms with van der Waals surface area (Å²) in [6, 6.07) is 9.57. The lowest BCUT2D eigenvalue weighted by molar-refractivity contribution is -0.127. The highest BCUT2D eigenvalue weighted by Crippen LogP contribution is 2.19. The molecule has 0 spiro atoms. The van der Waals surface area contributed by atoms with Gasteiger partial charge in [-0.15, -0.1) is 0 Å². The van der Waals surface area contributed by atoms with Crippen LogP contribution in [-0.4, -0.2) is 49.1 Å². The van der Waals surface area contributed by atoms with Gasteiger partial charge in [0.1, 0.15) is 0 Å². The molecule has 0 aliphatic carbocycles. The molecule has 1 unspecified atom stereocenters. The van der Waals surface area contributed by atoms with Crippen molar-refractivity contribution in [1.82, 2.24) is 15.5 Å². The first-order chi connectivity index (χ1) is 11.7. The molecule has 2 fully saturated rings. The van der Waals surface area contributed by atoms with E-state index in [0.29, 0.717) is 13.1 Å². The summed E-state index contributed by atoms with van der Waals surface area (Å²) < 4.78 is 0. The molecule has 6 nitrogen and oxygen atoms in total. The maximum atomic E-state index is 12.5. The molecule has 0 saturated carbocycles. The summed E-state index contributed by atoms with van der Waals surface area (Å²) >= 11 is 0. The molecule has 2 aliphatic heterocycles. The number of carbonyl (C=O) groups is 2. The Morgan fingerprint density at radius 3 is 2.58 bits per heavy atom. The Hall–Kier alpha value is -2.08. The quantitative estimate of drug-likeness (QED) is 0.791. The van der Waals surface area contributed by atoms with Gasteiger partial charge in [0, 0.05) is 24.8 Å². The second-order valence-corrected chi connectivity index (χ2v) is 6.61. The van der Waals surface area contributed by atoms with Crippen LogP contribution in [0.2, 0.25) is 0 Å². The monoisotopic (exact) mass is 330 g/mol. The Balaban J connectivity index is 1.51. The Morgan fingerprint density at radius 2 is 1.83 bits per heavy atom. The zero-order chi connectivity index (χ0) is 16.8. The van der Waals surface area contributed by atoms with Crippen molar-refractivity contribution in [3.8, 4) is 0 Å². The number of hydrogen-bond acceptors (Lipinski definition) is 3. The van der Waals surface area contributed by atoms with E-state index >= 15 is 0 Å². The number of likely N-dealkylation sites (tertiary alicyclic amines) is 1. The van der Waals surface area contributed by atoms with Gasteiger partial charge in [-0.3, -0.25) is 4.79 Å². The highest BCUT2D eigenvalue weighted by atomic mass is 16.2. The number of carbonyl (C=O) groups excluding carboxylic acids is 2. The van der Waals surface area contributed by atoms with Gasteiger partial charge < -0.3 is 20.9 Å². The molecule has 24 heavy (non-hydrogen) atoms. The van der Waals surface area contributed by atoms with Crippen molar-refractivity contribution in [2.24, 2.45) is 5.92 Å². The van der Waals surface area contributed by atoms with Gasteiger partial charge in [-0.1, -0.05) is 18.2 Å². The fraction of sp³-hybridized carbons (Fsp3) is 0.556. The second kappa shape index (κ2) is 8.15. The lowest BCUT2D eigenvalue weighted by Gasteiger charge is -2.33. The van der Waals surface area contributed by atoms with Gasteiger partial charge >= 0.3 is 6.03 Å². The van der Waals surface area contributed by atoms with E-state index < -0.39 is 0 Å². The number of urea groups is 1. The smallest absolute Gasteiger partial charge is 0.321 e. The van der Waals surface area contributed by atoms with Crippen molar-refractivity contribution in [2.45, 2.75) is 31.7 Å². The predicted octanol–water partition coefficient (Wildman–Crippen LogP) is 1.80.